The Morgan fingerprint density at radius 3 is 2.23 bits per heavy atom. The van der Waals surface area contributed by atoms with Crippen molar-refractivity contribution in [3.05, 3.63) is 71.8 Å². The lowest BCUT2D eigenvalue weighted by atomic mass is 9.88. The second-order valence-electron chi connectivity index (χ2n) is 7.02. The predicted octanol–water partition coefficient (Wildman–Crippen LogP) is 3.43. The van der Waals surface area contributed by atoms with Gasteiger partial charge in [-0.05, 0) is 17.5 Å². The van der Waals surface area contributed by atoms with Gasteiger partial charge in [0.2, 0.25) is 0 Å². The first-order chi connectivity index (χ1) is 14.6. The molecule has 0 aromatic heterocycles. The maximum atomic E-state index is 12.1. The number of carbonyl (C=O) groups is 3. The third-order valence-electron chi connectivity index (χ3n) is 4.95. The van der Waals surface area contributed by atoms with Crippen molar-refractivity contribution in [2.45, 2.75) is 18.8 Å². The van der Waals surface area contributed by atoms with Gasteiger partial charge < -0.3 is 15.0 Å². The van der Waals surface area contributed by atoms with Gasteiger partial charge >= 0.3 is 5.97 Å². The van der Waals surface area contributed by atoms with Crippen molar-refractivity contribution < 1.29 is 19.1 Å². The first-order valence-electron chi connectivity index (χ1n) is 10.1. The minimum absolute atomic E-state index is 0.00747. The van der Waals surface area contributed by atoms with Gasteiger partial charge in [0.1, 0.15) is 0 Å². The van der Waals surface area contributed by atoms with Crippen molar-refractivity contribution in [3.8, 4) is 0 Å². The van der Waals surface area contributed by atoms with Gasteiger partial charge in [-0.2, -0.15) is 0 Å². The summed E-state index contributed by atoms with van der Waals surface area (Å²) in [6, 6.07) is 20.4. The van der Waals surface area contributed by atoms with Crippen molar-refractivity contribution in [1.82, 2.24) is 10.2 Å². The molecule has 3 rings (SSSR count). The molecule has 1 aliphatic rings. The van der Waals surface area contributed by atoms with Crippen LogP contribution in [0.2, 0.25) is 0 Å². The van der Waals surface area contributed by atoms with Crippen LogP contribution in [0.25, 0.3) is 0 Å². The Morgan fingerprint density at radius 2 is 1.67 bits per heavy atom. The summed E-state index contributed by atoms with van der Waals surface area (Å²) >= 11 is 1.25. The fourth-order valence-corrected chi connectivity index (χ4v) is 4.23. The van der Waals surface area contributed by atoms with Crippen LogP contribution in [0.1, 0.15) is 29.9 Å². The zero-order valence-electron chi connectivity index (χ0n) is 16.8. The Hall–Kier alpha value is -2.80. The Bertz CT molecular complexity index is 805. The number of carbonyl (C=O) groups excluding carboxylic acids is 3. The maximum absolute atomic E-state index is 12.1. The molecule has 0 radical (unpaired) electrons. The zero-order chi connectivity index (χ0) is 21.2. The molecule has 0 saturated carbocycles. The number of amides is 2. The molecule has 30 heavy (non-hydrogen) atoms. The van der Waals surface area contributed by atoms with Crippen LogP contribution in [0.4, 0.5) is 4.79 Å². The minimum atomic E-state index is -0.471. The van der Waals surface area contributed by atoms with Gasteiger partial charge in [-0.3, -0.25) is 14.4 Å². The number of nitrogens with one attached hydrogen (secondary N) is 1. The molecule has 7 heteroatoms. The molecule has 0 aliphatic carbocycles. The van der Waals surface area contributed by atoms with Crippen LogP contribution in [0.3, 0.4) is 0 Å². The summed E-state index contributed by atoms with van der Waals surface area (Å²) in [4.78, 5) is 37.0. The van der Waals surface area contributed by atoms with Gasteiger partial charge in [0.25, 0.3) is 11.1 Å². The fourth-order valence-electron chi connectivity index (χ4n) is 3.38. The van der Waals surface area contributed by atoms with Crippen LogP contribution < -0.4 is 5.32 Å². The van der Waals surface area contributed by atoms with Crippen molar-refractivity contribution in [2.24, 2.45) is 0 Å². The summed E-state index contributed by atoms with van der Waals surface area (Å²) in [6.07, 6.45) is 0.839. The molecule has 1 aliphatic heterocycles. The van der Waals surface area contributed by atoms with E-state index in [-0.39, 0.29) is 30.1 Å². The van der Waals surface area contributed by atoms with Crippen LogP contribution in [-0.4, -0.2) is 54.0 Å². The van der Waals surface area contributed by atoms with Gasteiger partial charge in [-0.1, -0.05) is 72.4 Å². The number of ether oxygens (including phenoxy) is 1. The third-order valence-corrected chi connectivity index (χ3v) is 5.85. The number of hydrogen-bond donors (Lipinski definition) is 1. The van der Waals surface area contributed by atoms with E-state index in [1.807, 2.05) is 36.4 Å². The predicted molar refractivity (Wildman–Crippen MR) is 117 cm³/mol. The van der Waals surface area contributed by atoms with E-state index in [0.717, 1.165) is 12.2 Å². The average Bonchev–Trinajstić information content (AvgIpc) is 3.19. The topological polar surface area (TPSA) is 75.7 Å². The van der Waals surface area contributed by atoms with Gasteiger partial charge in [0, 0.05) is 31.3 Å². The molecule has 1 N–H and O–H groups in total. The first-order valence-corrected chi connectivity index (χ1v) is 11.1. The van der Waals surface area contributed by atoms with Crippen LogP contribution in [0, 0.1) is 0 Å². The molecule has 0 spiro atoms. The van der Waals surface area contributed by atoms with E-state index in [1.54, 1.807) is 4.90 Å². The zero-order valence-corrected chi connectivity index (χ0v) is 17.6. The van der Waals surface area contributed by atoms with Gasteiger partial charge in [-0.25, -0.2) is 0 Å². The molecule has 2 amide bonds. The SMILES string of the molecule is O=C(COC(=O)CCN1CCSC1=O)NCCC(c1ccccc1)c1ccccc1. The molecular formula is C23H26N2O4S. The van der Waals surface area contributed by atoms with Crippen LogP contribution in [0.5, 0.6) is 0 Å². The normalized spacial score (nSPS) is 13.5. The van der Waals surface area contributed by atoms with Crippen molar-refractivity contribution in [3.63, 3.8) is 0 Å². The quantitative estimate of drug-likeness (QED) is 0.589. The highest BCUT2D eigenvalue weighted by Crippen LogP contribution is 2.27. The van der Waals surface area contributed by atoms with Crippen molar-refractivity contribution in [2.75, 3.05) is 32.0 Å². The lowest BCUT2D eigenvalue weighted by Gasteiger charge is -2.18. The third kappa shape index (κ3) is 6.62. The van der Waals surface area contributed by atoms with E-state index < -0.39 is 5.97 Å². The van der Waals surface area contributed by atoms with Crippen molar-refractivity contribution in [1.29, 1.82) is 0 Å². The van der Waals surface area contributed by atoms with E-state index in [2.05, 4.69) is 29.6 Å². The van der Waals surface area contributed by atoms with Gasteiger partial charge in [0.15, 0.2) is 6.61 Å². The summed E-state index contributed by atoms with van der Waals surface area (Å²) in [5.41, 5.74) is 2.39. The Balaban J connectivity index is 1.41. The fraction of sp³-hybridized carbons (Fsp3) is 0.348. The largest absolute Gasteiger partial charge is 0.456 e. The Morgan fingerprint density at radius 1 is 1.03 bits per heavy atom. The van der Waals surface area contributed by atoms with E-state index in [4.69, 9.17) is 4.74 Å². The summed E-state index contributed by atoms with van der Waals surface area (Å²) in [5.74, 6) is 0.131. The number of esters is 1. The number of thioether (sulfide) groups is 1. The number of nitrogens with zero attached hydrogens (tertiary/aromatic N) is 1. The lowest BCUT2D eigenvalue weighted by Crippen LogP contribution is -2.31. The molecule has 1 fully saturated rings. The minimum Gasteiger partial charge on any atom is -0.456 e. The Kier molecular flexibility index (Phi) is 8.32. The second kappa shape index (κ2) is 11.4. The van der Waals surface area contributed by atoms with Crippen LogP contribution in [0.15, 0.2) is 60.7 Å². The molecule has 2 aromatic carbocycles. The standard InChI is InChI=1S/C23H26N2O4S/c26-21(17-29-22(27)12-14-25-15-16-30-23(25)28)24-13-11-20(18-7-3-1-4-8-18)19-9-5-2-6-10-19/h1-10,20H,11-17H2,(H,24,26). The second-order valence-corrected chi connectivity index (χ2v) is 8.07. The number of benzene rings is 2. The highest BCUT2D eigenvalue weighted by atomic mass is 32.2. The molecule has 6 nitrogen and oxygen atoms in total. The Labute approximate surface area is 181 Å². The van der Waals surface area contributed by atoms with E-state index in [0.29, 0.717) is 19.6 Å². The van der Waals surface area contributed by atoms with E-state index >= 15 is 0 Å². The summed E-state index contributed by atoms with van der Waals surface area (Å²) < 4.78 is 5.03. The summed E-state index contributed by atoms with van der Waals surface area (Å²) in [7, 11) is 0. The number of hydrogen-bond acceptors (Lipinski definition) is 5. The van der Waals surface area contributed by atoms with E-state index in [9.17, 15) is 14.4 Å². The highest BCUT2D eigenvalue weighted by Gasteiger charge is 2.22. The smallest absolute Gasteiger partial charge is 0.308 e. The maximum Gasteiger partial charge on any atom is 0.308 e. The molecule has 0 atom stereocenters. The van der Waals surface area contributed by atoms with E-state index in [1.165, 1.54) is 22.9 Å². The molecule has 2 aromatic rings. The highest BCUT2D eigenvalue weighted by molar-refractivity contribution is 8.13. The number of rotatable bonds is 10. The lowest BCUT2D eigenvalue weighted by molar-refractivity contribution is -0.148. The molecular weight excluding hydrogens is 400 g/mol. The molecule has 0 bridgehead atoms. The average molecular weight is 427 g/mol. The molecule has 1 heterocycles. The first kappa shape index (κ1) is 21.9. The van der Waals surface area contributed by atoms with Gasteiger partial charge in [-0.15, -0.1) is 0 Å². The van der Waals surface area contributed by atoms with Gasteiger partial charge in [0.05, 0.1) is 6.42 Å². The van der Waals surface area contributed by atoms with Crippen LogP contribution in [-0.2, 0) is 14.3 Å². The molecule has 0 unspecified atom stereocenters. The van der Waals surface area contributed by atoms with Crippen molar-refractivity contribution >= 4 is 28.9 Å². The summed E-state index contributed by atoms with van der Waals surface area (Å²) in [6.45, 7) is 1.16. The summed E-state index contributed by atoms with van der Waals surface area (Å²) in [5, 5.41) is 2.82. The molecule has 158 valence electrons. The molecule has 1 saturated heterocycles. The monoisotopic (exact) mass is 426 g/mol. The van der Waals surface area contributed by atoms with Crippen LogP contribution >= 0.6 is 11.8 Å².